The predicted octanol–water partition coefficient (Wildman–Crippen LogP) is 5.09. The highest BCUT2D eigenvalue weighted by Crippen LogP contribution is 2.29. The van der Waals surface area contributed by atoms with E-state index in [4.69, 9.17) is 4.42 Å². The van der Waals surface area contributed by atoms with Gasteiger partial charge in [-0.15, -0.1) is 10.2 Å². The number of Topliss-reactive ketones (excluding diaryl/α,β-unsaturated/α-hetero) is 1. The van der Waals surface area contributed by atoms with Gasteiger partial charge in [-0.2, -0.15) is 0 Å². The van der Waals surface area contributed by atoms with Gasteiger partial charge in [0.25, 0.3) is 5.22 Å². The van der Waals surface area contributed by atoms with Crippen LogP contribution < -0.4 is 0 Å². The van der Waals surface area contributed by atoms with Crippen LogP contribution >= 0.6 is 27.7 Å². The fourth-order valence-corrected chi connectivity index (χ4v) is 3.35. The van der Waals surface area contributed by atoms with Gasteiger partial charge in [0.1, 0.15) is 0 Å². The number of carbonyl (C=O) groups excluding carboxylic acids is 1. The second-order valence-corrected chi connectivity index (χ2v) is 7.16. The number of aromatic nitrogens is 2. The van der Waals surface area contributed by atoms with Crippen LogP contribution in [0.3, 0.4) is 0 Å². The molecule has 0 bridgehead atoms. The van der Waals surface area contributed by atoms with Crippen LogP contribution in [0.15, 0.2) is 56.6 Å². The highest BCUT2D eigenvalue weighted by Gasteiger charge is 2.15. The largest absolute Gasteiger partial charge is 0.411 e. The Morgan fingerprint density at radius 1 is 1.17 bits per heavy atom. The monoisotopic (exact) mass is 402 g/mol. The van der Waals surface area contributed by atoms with Gasteiger partial charge in [-0.1, -0.05) is 41.6 Å². The Morgan fingerprint density at radius 3 is 2.75 bits per heavy atom. The average molecular weight is 403 g/mol. The predicted molar refractivity (Wildman–Crippen MR) is 98.4 cm³/mol. The van der Waals surface area contributed by atoms with Gasteiger partial charge in [0, 0.05) is 10.0 Å². The van der Waals surface area contributed by atoms with Crippen molar-refractivity contribution in [3.63, 3.8) is 0 Å². The molecule has 3 aromatic rings. The summed E-state index contributed by atoms with van der Waals surface area (Å²) in [6, 6.07) is 13.5. The summed E-state index contributed by atoms with van der Waals surface area (Å²) in [5.74, 6) is 0.757. The summed E-state index contributed by atoms with van der Waals surface area (Å²) in [7, 11) is 0. The maximum absolute atomic E-state index is 12.4. The second kappa shape index (κ2) is 7.32. The molecular formula is C18H15BrN2O2S. The Balaban J connectivity index is 1.71. The molecule has 0 aliphatic rings. The molecule has 4 nitrogen and oxygen atoms in total. The van der Waals surface area contributed by atoms with E-state index in [0.717, 1.165) is 26.7 Å². The van der Waals surface area contributed by atoms with Crippen LogP contribution in [0, 0.1) is 13.8 Å². The van der Waals surface area contributed by atoms with E-state index in [2.05, 4.69) is 26.1 Å². The maximum atomic E-state index is 12.4. The summed E-state index contributed by atoms with van der Waals surface area (Å²) in [4.78, 5) is 12.4. The van der Waals surface area contributed by atoms with Crippen LogP contribution in [-0.4, -0.2) is 21.7 Å². The molecule has 2 aromatic carbocycles. The van der Waals surface area contributed by atoms with E-state index in [1.54, 1.807) is 0 Å². The minimum atomic E-state index is 0.0573. The van der Waals surface area contributed by atoms with Crippen molar-refractivity contribution < 1.29 is 9.21 Å². The van der Waals surface area contributed by atoms with Crippen molar-refractivity contribution in [2.75, 3.05) is 5.75 Å². The lowest BCUT2D eigenvalue weighted by Gasteiger charge is -2.04. The third-order valence-electron chi connectivity index (χ3n) is 3.53. The van der Waals surface area contributed by atoms with Crippen molar-refractivity contribution in [1.82, 2.24) is 10.2 Å². The maximum Gasteiger partial charge on any atom is 0.277 e. The lowest BCUT2D eigenvalue weighted by Crippen LogP contribution is -2.05. The smallest absolute Gasteiger partial charge is 0.277 e. The van der Waals surface area contributed by atoms with Crippen LogP contribution in [-0.2, 0) is 0 Å². The van der Waals surface area contributed by atoms with Gasteiger partial charge in [-0.05, 0) is 53.5 Å². The zero-order valence-electron chi connectivity index (χ0n) is 13.2. The number of hydrogen-bond acceptors (Lipinski definition) is 5. The number of rotatable bonds is 5. The van der Waals surface area contributed by atoms with Gasteiger partial charge in [0.2, 0.25) is 5.89 Å². The first kappa shape index (κ1) is 16.9. The molecule has 0 aliphatic carbocycles. The average Bonchev–Trinajstić information content (AvgIpc) is 3.04. The van der Waals surface area contributed by atoms with Crippen molar-refractivity contribution in [2.24, 2.45) is 0 Å². The molecule has 1 heterocycles. The summed E-state index contributed by atoms with van der Waals surface area (Å²) < 4.78 is 6.54. The van der Waals surface area contributed by atoms with E-state index in [-0.39, 0.29) is 11.5 Å². The Morgan fingerprint density at radius 2 is 1.96 bits per heavy atom. The first-order valence-electron chi connectivity index (χ1n) is 7.36. The molecule has 0 saturated carbocycles. The summed E-state index contributed by atoms with van der Waals surface area (Å²) in [5, 5.41) is 8.45. The standard InChI is InChI=1S/C18H15BrN2O2S/c1-11-7-8-12(2)14(9-11)16(22)10-24-18-21-20-17(23-18)13-5-3-4-6-15(13)19/h3-9H,10H2,1-2H3. The number of nitrogens with zero attached hydrogens (tertiary/aromatic N) is 2. The lowest BCUT2D eigenvalue weighted by atomic mass is 10.0. The molecule has 0 spiro atoms. The Kier molecular flexibility index (Phi) is 5.16. The van der Waals surface area contributed by atoms with Crippen molar-refractivity contribution in [3.05, 3.63) is 63.6 Å². The van der Waals surface area contributed by atoms with Crippen molar-refractivity contribution in [1.29, 1.82) is 0 Å². The van der Waals surface area contributed by atoms with Gasteiger partial charge in [0.15, 0.2) is 5.78 Å². The van der Waals surface area contributed by atoms with E-state index in [1.807, 2.05) is 56.3 Å². The topological polar surface area (TPSA) is 56.0 Å². The molecule has 0 radical (unpaired) electrons. The number of benzene rings is 2. The highest BCUT2D eigenvalue weighted by atomic mass is 79.9. The SMILES string of the molecule is Cc1ccc(C)c(C(=O)CSc2nnc(-c3ccccc3Br)o2)c1. The molecular weight excluding hydrogens is 388 g/mol. The zero-order chi connectivity index (χ0) is 17.1. The minimum Gasteiger partial charge on any atom is -0.411 e. The minimum absolute atomic E-state index is 0.0573. The number of carbonyl (C=O) groups is 1. The first-order chi connectivity index (χ1) is 11.5. The molecule has 0 unspecified atom stereocenters. The van der Waals surface area contributed by atoms with Crippen LogP contribution in [0.1, 0.15) is 21.5 Å². The molecule has 3 rings (SSSR count). The van der Waals surface area contributed by atoms with Gasteiger partial charge in [-0.25, -0.2) is 0 Å². The van der Waals surface area contributed by atoms with Gasteiger partial charge in [0.05, 0.1) is 11.3 Å². The lowest BCUT2D eigenvalue weighted by molar-refractivity contribution is 0.102. The summed E-state index contributed by atoms with van der Waals surface area (Å²) in [5.41, 5.74) is 3.62. The summed E-state index contributed by atoms with van der Waals surface area (Å²) in [6.45, 7) is 3.92. The van der Waals surface area contributed by atoms with Gasteiger partial charge < -0.3 is 4.42 Å². The van der Waals surface area contributed by atoms with E-state index in [9.17, 15) is 4.79 Å². The molecule has 1 aromatic heterocycles. The Hall–Kier alpha value is -1.92. The van der Waals surface area contributed by atoms with Crippen molar-refractivity contribution in [3.8, 4) is 11.5 Å². The van der Waals surface area contributed by atoms with Crippen LogP contribution in [0.2, 0.25) is 0 Å². The summed E-state index contributed by atoms with van der Waals surface area (Å²) >= 11 is 4.72. The number of hydrogen-bond donors (Lipinski definition) is 0. The third-order valence-corrected chi connectivity index (χ3v) is 5.04. The number of aryl methyl sites for hydroxylation is 2. The van der Waals surface area contributed by atoms with E-state index < -0.39 is 0 Å². The van der Waals surface area contributed by atoms with Crippen molar-refractivity contribution >= 4 is 33.5 Å². The number of thioether (sulfide) groups is 1. The fraction of sp³-hybridized carbons (Fsp3) is 0.167. The Bertz CT molecular complexity index is 892. The fourth-order valence-electron chi connectivity index (χ4n) is 2.25. The molecule has 0 fully saturated rings. The number of halogens is 1. The van der Waals surface area contributed by atoms with E-state index >= 15 is 0 Å². The second-order valence-electron chi connectivity index (χ2n) is 5.38. The van der Waals surface area contributed by atoms with Crippen LogP contribution in [0.25, 0.3) is 11.5 Å². The molecule has 6 heteroatoms. The van der Waals surface area contributed by atoms with Crippen molar-refractivity contribution in [2.45, 2.75) is 19.1 Å². The summed E-state index contributed by atoms with van der Waals surface area (Å²) in [6.07, 6.45) is 0. The molecule has 0 saturated heterocycles. The molecule has 0 atom stereocenters. The van der Waals surface area contributed by atoms with Crippen LogP contribution in [0.5, 0.6) is 0 Å². The number of ketones is 1. The normalized spacial score (nSPS) is 10.8. The molecule has 122 valence electrons. The third kappa shape index (κ3) is 3.76. The highest BCUT2D eigenvalue weighted by molar-refractivity contribution is 9.10. The first-order valence-corrected chi connectivity index (χ1v) is 9.14. The molecule has 0 aliphatic heterocycles. The van der Waals surface area contributed by atoms with Gasteiger partial charge >= 0.3 is 0 Å². The Labute approximate surface area is 152 Å². The van der Waals surface area contributed by atoms with E-state index in [0.29, 0.717) is 11.1 Å². The quantitative estimate of drug-likeness (QED) is 0.439. The van der Waals surface area contributed by atoms with Gasteiger partial charge in [-0.3, -0.25) is 4.79 Å². The molecule has 24 heavy (non-hydrogen) atoms. The van der Waals surface area contributed by atoms with E-state index in [1.165, 1.54) is 11.8 Å². The molecule has 0 amide bonds. The molecule has 0 N–H and O–H groups in total. The zero-order valence-corrected chi connectivity index (χ0v) is 15.6. The van der Waals surface area contributed by atoms with Crippen LogP contribution in [0.4, 0.5) is 0 Å².